The van der Waals surface area contributed by atoms with Crippen molar-refractivity contribution >= 4 is 5.91 Å². The monoisotopic (exact) mass is 320 g/mol. The Hall–Kier alpha value is -1.40. The Bertz CT molecular complexity index is 551. The van der Waals surface area contributed by atoms with Crippen LogP contribution in [0.15, 0.2) is 6.07 Å². The number of carbonyl (C=O) groups excluding carboxylic acids is 1. The van der Waals surface area contributed by atoms with E-state index in [1.54, 1.807) is 7.11 Å². The van der Waals surface area contributed by atoms with Crippen molar-refractivity contribution in [2.45, 2.75) is 52.2 Å². The SMILES string of the molecule is CCCCN1CCn2nc(CNC(=O)C3(COC)CC3)cc2C1. The van der Waals surface area contributed by atoms with Gasteiger partial charge in [-0.15, -0.1) is 0 Å². The van der Waals surface area contributed by atoms with E-state index in [4.69, 9.17) is 4.74 Å². The number of hydrogen-bond acceptors (Lipinski definition) is 4. The molecule has 0 saturated heterocycles. The molecule has 1 aromatic heterocycles. The van der Waals surface area contributed by atoms with E-state index in [1.807, 2.05) is 0 Å². The van der Waals surface area contributed by atoms with Gasteiger partial charge in [0.2, 0.25) is 5.91 Å². The number of hydrogen-bond donors (Lipinski definition) is 1. The Kier molecular flexibility index (Phi) is 5.02. The smallest absolute Gasteiger partial charge is 0.228 e. The highest BCUT2D eigenvalue weighted by molar-refractivity contribution is 5.85. The molecular formula is C17H28N4O2. The van der Waals surface area contributed by atoms with Crippen LogP contribution in [0.25, 0.3) is 0 Å². The lowest BCUT2D eigenvalue weighted by molar-refractivity contribution is -0.128. The van der Waals surface area contributed by atoms with Gasteiger partial charge in [0.05, 0.1) is 36.5 Å². The second-order valence-electron chi connectivity index (χ2n) is 6.88. The van der Waals surface area contributed by atoms with Crippen molar-refractivity contribution in [3.05, 3.63) is 17.5 Å². The lowest BCUT2D eigenvalue weighted by Gasteiger charge is -2.27. The van der Waals surface area contributed by atoms with Gasteiger partial charge in [0.15, 0.2) is 0 Å². The molecule has 1 fully saturated rings. The average Bonchev–Trinajstić information content (AvgIpc) is 3.22. The third-order valence-electron chi connectivity index (χ3n) is 4.94. The van der Waals surface area contributed by atoms with E-state index in [0.717, 1.165) is 44.7 Å². The first-order chi connectivity index (χ1) is 11.2. The number of aromatic nitrogens is 2. The average molecular weight is 320 g/mol. The molecule has 1 aliphatic heterocycles. The molecule has 128 valence electrons. The molecule has 1 aromatic rings. The van der Waals surface area contributed by atoms with Gasteiger partial charge in [-0.2, -0.15) is 5.10 Å². The topological polar surface area (TPSA) is 59.4 Å². The number of ether oxygens (including phenoxy) is 1. The van der Waals surface area contributed by atoms with Gasteiger partial charge in [0.25, 0.3) is 0 Å². The summed E-state index contributed by atoms with van der Waals surface area (Å²) in [5.74, 6) is 0.106. The fourth-order valence-electron chi connectivity index (χ4n) is 3.26. The molecule has 1 saturated carbocycles. The number of nitrogens with one attached hydrogen (secondary N) is 1. The molecule has 1 N–H and O–H groups in total. The summed E-state index contributed by atoms with van der Waals surface area (Å²) in [6, 6.07) is 2.13. The summed E-state index contributed by atoms with van der Waals surface area (Å²) in [6.07, 6.45) is 4.34. The van der Waals surface area contributed by atoms with Gasteiger partial charge in [-0.3, -0.25) is 14.4 Å². The van der Waals surface area contributed by atoms with Gasteiger partial charge in [0.1, 0.15) is 0 Å². The van der Waals surface area contributed by atoms with E-state index in [9.17, 15) is 4.79 Å². The first-order valence-corrected chi connectivity index (χ1v) is 8.72. The van der Waals surface area contributed by atoms with Crippen molar-refractivity contribution in [1.82, 2.24) is 20.0 Å². The van der Waals surface area contributed by atoms with Crippen molar-refractivity contribution in [3.8, 4) is 0 Å². The van der Waals surface area contributed by atoms with Crippen molar-refractivity contribution in [2.24, 2.45) is 5.41 Å². The number of methoxy groups -OCH3 is 1. The zero-order chi connectivity index (χ0) is 16.3. The molecule has 0 bridgehead atoms. The highest BCUT2D eigenvalue weighted by atomic mass is 16.5. The minimum atomic E-state index is -0.273. The van der Waals surface area contributed by atoms with Crippen molar-refractivity contribution in [1.29, 1.82) is 0 Å². The molecule has 23 heavy (non-hydrogen) atoms. The summed E-state index contributed by atoms with van der Waals surface area (Å²) in [6.45, 7) is 7.40. The molecule has 0 unspecified atom stereocenters. The van der Waals surface area contributed by atoms with Gasteiger partial charge < -0.3 is 10.1 Å². The van der Waals surface area contributed by atoms with E-state index < -0.39 is 0 Å². The molecule has 2 heterocycles. The summed E-state index contributed by atoms with van der Waals surface area (Å²) in [5.41, 5.74) is 1.94. The van der Waals surface area contributed by atoms with Gasteiger partial charge >= 0.3 is 0 Å². The number of nitrogens with zero attached hydrogens (tertiary/aromatic N) is 3. The molecule has 3 rings (SSSR count). The molecular weight excluding hydrogens is 292 g/mol. The van der Waals surface area contributed by atoms with E-state index >= 15 is 0 Å². The number of amides is 1. The normalized spacial score (nSPS) is 19.4. The van der Waals surface area contributed by atoms with E-state index in [-0.39, 0.29) is 11.3 Å². The van der Waals surface area contributed by atoms with Gasteiger partial charge in [-0.1, -0.05) is 13.3 Å². The van der Waals surface area contributed by atoms with Crippen LogP contribution in [0.1, 0.15) is 44.0 Å². The van der Waals surface area contributed by atoms with Crippen LogP contribution >= 0.6 is 0 Å². The zero-order valence-electron chi connectivity index (χ0n) is 14.3. The highest BCUT2D eigenvalue weighted by Crippen LogP contribution is 2.45. The number of unbranched alkanes of at least 4 members (excludes halogenated alkanes) is 1. The van der Waals surface area contributed by atoms with Crippen LogP contribution in [0.2, 0.25) is 0 Å². The van der Waals surface area contributed by atoms with E-state index in [2.05, 4.69) is 33.0 Å². The fraction of sp³-hybridized carbons (Fsp3) is 0.765. The Labute approximate surface area is 138 Å². The standard InChI is InChI=1S/C17H28N4O2/c1-3-4-7-20-8-9-21-15(12-20)10-14(19-21)11-18-16(22)17(5-6-17)13-23-2/h10H,3-9,11-13H2,1-2H3,(H,18,22). The quantitative estimate of drug-likeness (QED) is 0.789. The van der Waals surface area contributed by atoms with E-state index in [0.29, 0.717) is 13.2 Å². The maximum absolute atomic E-state index is 12.3. The molecule has 0 radical (unpaired) electrons. The van der Waals surface area contributed by atoms with Crippen LogP contribution in [0, 0.1) is 5.41 Å². The van der Waals surface area contributed by atoms with Crippen LogP contribution in [-0.2, 0) is 29.2 Å². The Morgan fingerprint density at radius 2 is 2.26 bits per heavy atom. The largest absolute Gasteiger partial charge is 0.384 e. The molecule has 1 aliphatic carbocycles. The summed E-state index contributed by atoms with van der Waals surface area (Å²) in [7, 11) is 1.65. The molecule has 0 aromatic carbocycles. The van der Waals surface area contributed by atoms with Crippen molar-refractivity contribution in [2.75, 3.05) is 26.8 Å². The third kappa shape index (κ3) is 3.75. The lowest BCUT2D eigenvalue weighted by Crippen LogP contribution is -2.34. The van der Waals surface area contributed by atoms with Gasteiger partial charge in [-0.05, 0) is 31.9 Å². The maximum atomic E-state index is 12.3. The summed E-state index contributed by atoms with van der Waals surface area (Å²) < 4.78 is 7.26. The first kappa shape index (κ1) is 16.5. The van der Waals surface area contributed by atoms with Crippen LogP contribution < -0.4 is 5.32 Å². The number of rotatable bonds is 8. The summed E-state index contributed by atoms with van der Waals surface area (Å²) >= 11 is 0. The third-order valence-corrected chi connectivity index (χ3v) is 4.94. The second-order valence-corrected chi connectivity index (χ2v) is 6.88. The number of fused-ring (bicyclic) bond motifs is 1. The lowest BCUT2D eigenvalue weighted by atomic mass is 10.1. The molecule has 0 spiro atoms. The van der Waals surface area contributed by atoms with Crippen LogP contribution in [0.3, 0.4) is 0 Å². The highest BCUT2D eigenvalue weighted by Gasteiger charge is 2.49. The summed E-state index contributed by atoms with van der Waals surface area (Å²) in [4.78, 5) is 14.8. The van der Waals surface area contributed by atoms with Crippen LogP contribution in [-0.4, -0.2) is 47.4 Å². The van der Waals surface area contributed by atoms with Crippen molar-refractivity contribution in [3.63, 3.8) is 0 Å². The molecule has 6 nitrogen and oxygen atoms in total. The molecule has 6 heteroatoms. The van der Waals surface area contributed by atoms with Crippen LogP contribution in [0.4, 0.5) is 0 Å². The van der Waals surface area contributed by atoms with Gasteiger partial charge in [-0.25, -0.2) is 0 Å². The molecule has 2 aliphatic rings. The Morgan fingerprint density at radius 1 is 1.43 bits per heavy atom. The van der Waals surface area contributed by atoms with Crippen LogP contribution in [0.5, 0.6) is 0 Å². The first-order valence-electron chi connectivity index (χ1n) is 8.72. The Morgan fingerprint density at radius 3 is 2.96 bits per heavy atom. The zero-order valence-corrected chi connectivity index (χ0v) is 14.3. The molecule has 0 atom stereocenters. The minimum absolute atomic E-state index is 0.106. The Balaban J connectivity index is 1.53. The maximum Gasteiger partial charge on any atom is 0.228 e. The van der Waals surface area contributed by atoms with Crippen molar-refractivity contribution < 1.29 is 9.53 Å². The predicted molar refractivity (Wildman–Crippen MR) is 87.8 cm³/mol. The fourth-order valence-corrected chi connectivity index (χ4v) is 3.26. The second kappa shape index (κ2) is 7.01. The minimum Gasteiger partial charge on any atom is -0.384 e. The molecule has 1 amide bonds. The summed E-state index contributed by atoms with van der Waals surface area (Å²) in [5, 5.41) is 7.66. The van der Waals surface area contributed by atoms with Gasteiger partial charge in [0, 0.05) is 20.2 Å². The predicted octanol–water partition coefficient (Wildman–Crippen LogP) is 1.54. The number of carbonyl (C=O) groups is 1. The van der Waals surface area contributed by atoms with E-state index in [1.165, 1.54) is 18.5 Å².